The van der Waals surface area contributed by atoms with E-state index in [2.05, 4.69) is 29.0 Å². The van der Waals surface area contributed by atoms with Crippen LogP contribution in [0.25, 0.3) is 0 Å². The monoisotopic (exact) mass is 277 g/mol. The van der Waals surface area contributed by atoms with Crippen molar-refractivity contribution in [3.8, 4) is 0 Å². The Hall–Kier alpha value is -1.03. The fraction of sp³-hybridized carbons (Fsp3) is 0.812. The Labute approximate surface area is 121 Å². The van der Waals surface area contributed by atoms with Crippen LogP contribution in [0.5, 0.6) is 0 Å². The summed E-state index contributed by atoms with van der Waals surface area (Å²) >= 11 is 0. The number of oxazole rings is 1. The van der Waals surface area contributed by atoms with Crippen molar-refractivity contribution in [2.45, 2.75) is 65.0 Å². The predicted molar refractivity (Wildman–Crippen MR) is 80.8 cm³/mol. The fourth-order valence-electron chi connectivity index (χ4n) is 3.19. The first-order valence-corrected chi connectivity index (χ1v) is 8.17. The highest BCUT2D eigenvalue weighted by Gasteiger charge is 2.32. The maximum atomic E-state index is 5.67. The van der Waals surface area contributed by atoms with Gasteiger partial charge in [-0.1, -0.05) is 26.7 Å². The van der Waals surface area contributed by atoms with Gasteiger partial charge in [-0.25, -0.2) is 0 Å². The quantitative estimate of drug-likeness (QED) is 0.866. The van der Waals surface area contributed by atoms with Gasteiger partial charge in [0.05, 0.1) is 5.69 Å². The Balaban J connectivity index is 1.54. The van der Waals surface area contributed by atoms with E-state index in [1.807, 2.05) is 6.26 Å². The van der Waals surface area contributed by atoms with Crippen molar-refractivity contribution in [2.75, 3.05) is 18.0 Å². The SMILES string of the molecule is CCC1(CC)CCN(c2nc(CNC3CC3)co2)CC1. The number of hydrogen-bond donors (Lipinski definition) is 1. The molecule has 0 amide bonds. The van der Waals surface area contributed by atoms with E-state index in [1.165, 1.54) is 38.5 Å². The Morgan fingerprint density at radius 2 is 2.00 bits per heavy atom. The maximum absolute atomic E-state index is 5.67. The second kappa shape index (κ2) is 5.76. The van der Waals surface area contributed by atoms with Crippen LogP contribution in [-0.4, -0.2) is 24.1 Å². The summed E-state index contributed by atoms with van der Waals surface area (Å²) in [6.07, 6.45) is 9.54. The molecule has 20 heavy (non-hydrogen) atoms. The van der Waals surface area contributed by atoms with Gasteiger partial charge in [0.25, 0.3) is 6.01 Å². The topological polar surface area (TPSA) is 41.3 Å². The minimum atomic E-state index is 0.555. The van der Waals surface area contributed by atoms with Crippen LogP contribution in [0.1, 0.15) is 58.1 Å². The number of hydrogen-bond acceptors (Lipinski definition) is 4. The minimum Gasteiger partial charge on any atom is -0.432 e. The highest BCUT2D eigenvalue weighted by Crippen LogP contribution is 2.38. The average Bonchev–Trinajstić information content (AvgIpc) is 3.22. The van der Waals surface area contributed by atoms with Crippen LogP contribution < -0.4 is 10.2 Å². The lowest BCUT2D eigenvalue weighted by Gasteiger charge is -2.40. The average molecular weight is 277 g/mol. The lowest BCUT2D eigenvalue weighted by molar-refractivity contribution is 0.196. The van der Waals surface area contributed by atoms with Gasteiger partial charge in [-0.05, 0) is 31.1 Å². The second-order valence-corrected chi connectivity index (χ2v) is 6.47. The smallest absolute Gasteiger partial charge is 0.297 e. The van der Waals surface area contributed by atoms with E-state index < -0.39 is 0 Å². The molecule has 1 aliphatic heterocycles. The van der Waals surface area contributed by atoms with Gasteiger partial charge in [-0.3, -0.25) is 0 Å². The predicted octanol–water partition coefficient (Wildman–Crippen LogP) is 3.33. The first-order chi connectivity index (χ1) is 9.74. The molecule has 1 aliphatic carbocycles. The molecule has 0 aromatic carbocycles. The van der Waals surface area contributed by atoms with Crippen molar-refractivity contribution in [3.63, 3.8) is 0 Å². The zero-order valence-corrected chi connectivity index (χ0v) is 12.8. The molecule has 1 aromatic heterocycles. The summed E-state index contributed by atoms with van der Waals surface area (Å²) in [5.41, 5.74) is 1.59. The lowest BCUT2D eigenvalue weighted by Crippen LogP contribution is -2.39. The molecule has 0 bridgehead atoms. The van der Waals surface area contributed by atoms with Crippen molar-refractivity contribution in [2.24, 2.45) is 5.41 Å². The summed E-state index contributed by atoms with van der Waals surface area (Å²) in [6, 6.07) is 1.54. The van der Waals surface area contributed by atoms with E-state index in [9.17, 15) is 0 Å². The third-order valence-corrected chi connectivity index (χ3v) is 5.28. The van der Waals surface area contributed by atoms with E-state index >= 15 is 0 Å². The van der Waals surface area contributed by atoms with Gasteiger partial charge in [0.2, 0.25) is 0 Å². The Morgan fingerprint density at radius 1 is 1.30 bits per heavy atom. The molecule has 0 atom stereocenters. The Bertz CT molecular complexity index is 425. The number of rotatable bonds is 6. The number of nitrogens with zero attached hydrogens (tertiary/aromatic N) is 2. The van der Waals surface area contributed by atoms with Crippen LogP contribution in [0.3, 0.4) is 0 Å². The summed E-state index contributed by atoms with van der Waals surface area (Å²) in [6.45, 7) is 7.66. The molecule has 0 spiro atoms. The molecule has 0 unspecified atom stereocenters. The van der Waals surface area contributed by atoms with E-state index in [0.29, 0.717) is 5.41 Å². The van der Waals surface area contributed by atoms with Crippen LogP contribution in [0.4, 0.5) is 6.01 Å². The largest absolute Gasteiger partial charge is 0.432 e. The molecule has 1 N–H and O–H groups in total. The molecule has 4 nitrogen and oxygen atoms in total. The first kappa shape index (κ1) is 13.9. The van der Waals surface area contributed by atoms with Gasteiger partial charge >= 0.3 is 0 Å². The lowest BCUT2D eigenvalue weighted by atomic mass is 9.74. The van der Waals surface area contributed by atoms with E-state index in [1.54, 1.807) is 0 Å². The molecular formula is C16H27N3O. The third-order valence-electron chi connectivity index (χ3n) is 5.28. The summed E-state index contributed by atoms with van der Waals surface area (Å²) in [7, 11) is 0. The van der Waals surface area contributed by atoms with Crippen LogP contribution in [0, 0.1) is 5.41 Å². The Kier molecular flexibility index (Phi) is 4.01. The molecule has 1 aromatic rings. The standard InChI is InChI=1S/C16H27N3O/c1-3-16(4-2)7-9-19(10-8-16)15-18-14(12-20-15)11-17-13-5-6-13/h12-13,17H,3-11H2,1-2H3. The Morgan fingerprint density at radius 3 is 2.60 bits per heavy atom. The molecule has 2 fully saturated rings. The molecule has 112 valence electrons. The van der Waals surface area contributed by atoms with E-state index in [4.69, 9.17) is 4.42 Å². The van der Waals surface area contributed by atoms with Gasteiger partial charge in [-0.2, -0.15) is 4.98 Å². The molecule has 4 heteroatoms. The first-order valence-electron chi connectivity index (χ1n) is 8.17. The second-order valence-electron chi connectivity index (χ2n) is 6.47. The number of nitrogens with one attached hydrogen (secondary N) is 1. The van der Waals surface area contributed by atoms with Gasteiger partial charge in [0, 0.05) is 25.7 Å². The van der Waals surface area contributed by atoms with Crippen LogP contribution >= 0.6 is 0 Å². The van der Waals surface area contributed by atoms with Crippen LogP contribution in [-0.2, 0) is 6.54 Å². The van der Waals surface area contributed by atoms with E-state index in [0.717, 1.165) is 37.4 Å². The van der Waals surface area contributed by atoms with Gasteiger partial charge < -0.3 is 14.6 Å². The zero-order chi connectivity index (χ0) is 14.0. The van der Waals surface area contributed by atoms with Crippen molar-refractivity contribution in [1.29, 1.82) is 0 Å². The van der Waals surface area contributed by atoms with Crippen LogP contribution in [0.15, 0.2) is 10.7 Å². The number of aromatic nitrogens is 1. The molecule has 3 rings (SSSR count). The molecule has 1 saturated carbocycles. The highest BCUT2D eigenvalue weighted by atomic mass is 16.4. The minimum absolute atomic E-state index is 0.555. The van der Waals surface area contributed by atoms with Crippen molar-refractivity contribution >= 4 is 6.01 Å². The summed E-state index contributed by atoms with van der Waals surface area (Å²) in [5.74, 6) is 0. The van der Waals surface area contributed by atoms with E-state index in [-0.39, 0.29) is 0 Å². The van der Waals surface area contributed by atoms with Gasteiger partial charge in [-0.15, -0.1) is 0 Å². The van der Waals surface area contributed by atoms with Gasteiger partial charge in [0.15, 0.2) is 0 Å². The highest BCUT2D eigenvalue weighted by molar-refractivity contribution is 5.28. The number of piperidine rings is 1. The van der Waals surface area contributed by atoms with Gasteiger partial charge in [0.1, 0.15) is 6.26 Å². The molecular weight excluding hydrogens is 250 g/mol. The summed E-state index contributed by atoms with van der Waals surface area (Å²) in [4.78, 5) is 6.94. The normalized spacial score (nSPS) is 22.2. The van der Waals surface area contributed by atoms with Crippen molar-refractivity contribution in [1.82, 2.24) is 10.3 Å². The molecule has 2 heterocycles. The maximum Gasteiger partial charge on any atom is 0.297 e. The zero-order valence-electron chi connectivity index (χ0n) is 12.8. The van der Waals surface area contributed by atoms with Crippen LogP contribution in [0.2, 0.25) is 0 Å². The molecule has 1 saturated heterocycles. The van der Waals surface area contributed by atoms with Crippen molar-refractivity contribution in [3.05, 3.63) is 12.0 Å². The number of anilines is 1. The fourth-order valence-corrected chi connectivity index (χ4v) is 3.19. The third kappa shape index (κ3) is 3.00. The summed E-state index contributed by atoms with van der Waals surface area (Å²) in [5, 5.41) is 3.48. The van der Waals surface area contributed by atoms with Crippen molar-refractivity contribution < 1.29 is 4.42 Å². The summed E-state index contributed by atoms with van der Waals surface area (Å²) < 4.78 is 5.67. The molecule has 2 aliphatic rings. The molecule has 0 radical (unpaired) electrons.